The van der Waals surface area contributed by atoms with Gasteiger partial charge in [0.25, 0.3) is 0 Å². The van der Waals surface area contributed by atoms with Gasteiger partial charge in [-0.25, -0.2) is 0 Å². The minimum atomic E-state index is -4.71. The Balaban J connectivity index is 2.75. The van der Waals surface area contributed by atoms with Crippen molar-refractivity contribution in [3.8, 4) is 11.5 Å². The molecule has 1 aromatic rings. The highest BCUT2D eigenvalue weighted by Gasteiger charge is 2.31. The van der Waals surface area contributed by atoms with Gasteiger partial charge >= 0.3 is 6.36 Å². The third-order valence-corrected chi connectivity index (χ3v) is 2.25. The first-order valence-corrected chi connectivity index (χ1v) is 5.49. The lowest BCUT2D eigenvalue weighted by Gasteiger charge is -2.11. The van der Waals surface area contributed by atoms with Crippen LogP contribution in [0.15, 0.2) is 22.7 Å². The molecular weight excluding hydrogens is 312 g/mol. The minimum absolute atomic E-state index is 0.164. The highest BCUT2D eigenvalue weighted by atomic mass is 79.9. The Labute approximate surface area is 103 Å². The molecule has 0 fully saturated rings. The van der Waals surface area contributed by atoms with E-state index >= 15 is 0 Å². The molecule has 0 aliphatic carbocycles. The summed E-state index contributed by atoms with van der Waals surface area (Å²) in [5.74, 6) is 0.408. The zero-order valence-electron chi connectivity index (χ0n) is 7.85. The van der Waals surface area contributed by atoms with Gasteiger partial charge in [-0.05, 0) is 34.1 Å². The van der Waals surface area contributed by atoms with Gasteiger partial charge in [-0.15, -0.1) is 24.8 Å². The Morgan fingerprint density at radius 2 is 2.00 bits per heavy atom. The van der Waals surface area contributed by atoms with Gasteiger partial charge in [-0.1, -0.05) is 0 Å². The van der Waals surface area contributed by atoms with E-state index in [4.69, 9.17) is 16.3 Å². The first-order chi connectivity index (χ1) is 7.42. The molecule has 1 rings (SSSR count). The monoisotopic (exact) mass is 318 g/mol. The van der Waals surface area contributed by atoms with Crippen molar-refractivity contribution in [2.24, 2.45) is 0 Å². The van der Waals surface area contributed by atoms with E-state index in [1.165, 1.54) is 18.2 Å². The number of halogens is 5. The second kappa shape index (κ2) is 5.63. The molecule has 0 spiro atoms. The molecule has 0 atom stereocenters. The van der Waals surface area contributed by atoms with Gasteiger partial charge in [0.05, 0.1) is 10.4 Å². The van der Waals surface area contributed by atoms with Crippen molar-refractivity contribution in [1.82, 2.24) is 0 Å². The van der Waals surface area contributed by atoms with Crippen LogP contribution in [0.5, 0.6) is 11.5 Å². The third kappa shape index (κ3) is 4.49. The van der Waals surface area contributed by atoms with E-state index in [1.54, 1.807) is 0 Å². The van der Waals surface area contributed by atoms with E-state index in [2.05, 4.69) is 20.7 Å². The number of alkyl halides is 4. The molecule has 0 bridgehead atoms. The first-order valence-electron chi connectivity index (χ1n) is 4.16. The van der Waals surface area contributed by atoms with E-state index in [1.807, 2.05) is 0 Å². The molecular formula is C9H7BrClF3O2. The second-order valence-corrected chi connectivity index (χ2v) is 3.91. The molecule has 0 aliphatic rings. The molecule has 2 nitrogen and oxygen atoms in total. The number of hydrogen-bond donors (Lipinski definition) is 0. The quantitative estimate of drug-likeness (QED) is 0.782. The van der Waals surface area contributed by atoms with Crippen molar-refractivity contribution < 1.29 is 22.6 Å². The maximum absolute atomic E-state index is 11.9. The van der Waals surface area contributed by atoms with E-state index in [-0.39, 0.29) is 16.8 Å². The van der Waals surface area contributed by atoms with E-state index in [0.29, 0.717) is 11.6 Å². The van der Waals surface area contributed by atoms with Crippen molar-refractivity contribution in [1.29, 1.82) is 0 Å². The summed E-state index contributed by atoms with van der Waals surface area (Å²) in [7, 11) is 0. The normalized spacial score (nSPS) is 11.3. The molecule has 0 aliphatic heterocycles. The van der Waals surface area contributed by atoms with Crippen LogP contribution in [-0.2, 0) is 0 Å². The second-order valence-electron chi connectivity index (χ2n) is 2.68. The number of rotatable bonds is 4. The maximum Gasteiger partial charge on any atom is 0.573 e. The topological polar surface area (TPSA) is 18.5 Å². The molecule has 1 aromatic carbocycles. The molecule has 0 saturated carbocycles. The average molecular weight is 320 g/mol. The largest absolute Gasteiger partial charge is 0.573 e. The summed E-state index contributed by atoms with van der Waals surface area (Å²) in [5.41, 5.74) is 0. The molecule has 0 unspecified atom stereocenters. The summed E-state index contributed by atoms with van der Waals surface area (Å²) in [5, 5.41) is 0. The van der Waals surface area contributed by atoms with Crippen LogP contribution in [0.4, 0.5) is 13.2 Å². The smallest absolute Gasteiger partial charge is 0.492 e. The van der Waals surface area contributed by atoms with Gasteiger partial charge < -0.3 is 9.47 Å². The van der Waals surface area contributed by atoms with Crippen LogP contribution in [0.3, 0.4) is 0 Å². The van der Waals surface area contributed by atoms with Crippen LogP contribution in [0.25, 0.3) is 0 Å². The van der Waals surface area contributed by atoms with Crippen molar-refractivity contribution in [2.45, 2.75) is 6.36 Å². The van der Waals surface area contributed by atoms with Crippen molar-refractivity contribution >= 4 is 27.5 Å². The van der Waals surface area contributed by atoms with Gasteiger partial charge in [0.15, 0.2) is 0 Å². The summed E-state index contributed by atoms with van der Waals surface area (Å²) in [6.07, 6.45) is -4.71. The summed E-state index contributed by atoms with van der Waals surface area (Å²) >= 11 is 8.35. The van der Waals surface area contributed by atoms with E-state index in [9.17, 15) is 13.2 Å². The summed E-state index contributed by atoms with van der Waals surface area (Å²) in [6, 6.07) is 3.92. The average Bonchev–Trinajstić information content (AvgIpc) is 2.17. The van der Waals surface area contributed by atoms with Gasteiger partial charge in [0.1, 0.15) is 18.1 Å². The molecule has 16 heavy (non-hydrogen) atoms. The lowest BCUT2D eigenvalue weighted by Crippen LogP contribution is -2.17. The lowest BCUT2D eigenvalue weighted by atomic mass is 10.3. The van der Waals surface area contributed by atoms with E-state index in [0.717, 1.165) is 0 Å². The Bertz CT molecular complexity index is 357. The fourth-order valence-corrected chi connectivity index (χ4v) is 1.45. The van der Waals surface area contributed by atoms with Crippen LogP contribution in [0, 0.1) is 0 Å². The predicted molar refractivity (Wildman–Crippen MR) is 57.0 cm³/mol. The minimum Gasteiger partial charge on any atom is -0.492 e. The summed E-state index contributed by atoms with van der Waals surface area (Å²) in [6.45, 7) is 0.285. The highest BCUT2D eigenvalue weighted by molar-refractivity contribution is 9.10. The van der Waals surface area contributed by atoms with Crippen molar-refractivity contribution in [3.05, 3.63) is 22.7 Å². The van der Waals surface area contributed by atoms with Crippen LogP contribution >= 0.6 is 27.5 Å². The van der Waals surface area contributed by atoms with Gasteiger partial charge in [-0.2, -0.15) is 0 Å². The summed E-state index contributed by atoms with van der Waals surface area (Å²) in [4.78, 5) is 0. The van der Waals surface area contributed by atoms with Crippen LogP contribution < -0.4 is 9.47 Å². The standard InChI is InChI=1S/C9H7BrClF3O2/c10-7-5-6(15-4-3-11)1-2-8(7)16-9(12,13)14/h1-2,5H,3-4H2. The summed E-state index contributed by atoms with van der Waals surface area (Å²) < 4.78 is 44.8. The zero-order valence-corrected chi connectivity index (χ0v) is 10.2. The molecule has 7 heteroatoms. The first kappa shape index (κ1) is 13.4. The van der Waals surface area contributed by atoms with E-state index < -0.39 is 6.36 Å². The fourth-order valence-electron chi connectivity index (χ4n) is 0.935. The maximum atomic E-state index is 11.9. The molecule has 0 heterocycles. The Morgan fingerprint density at radius 1 is 1.31 bits per heavy atom. The van der Waals surface area contributed by atoms with Crippen molar-refractivity contribution in [3.63, 3.8) is 0 Å². The Hall–Kier alpha value is -0.620. The number of hydrogen-bond acceptors (Lipinski definition) is 2. The zero-order chi connectivity index (χ0) is 12.2. The fraction of sp³-hybridized carbons (Fsp3) is 0.333. The van der Waals surface area contributed by atoms with Crippen LogP contribution in [-0.4, -0.2) is 18.8 Å². The lowest BCUT2D eigenvalue weighted by molar-refractivity contribution is -0.274. The SMILES string of the molecule is FC(F)(F)Oc1ccc(OCCCl)cc1Br. The molecule has 90 valence electrons. The molecule has 0 amide bonds. The molecule has 0 saturated heterocycles. The molecule has 0 aromatic heterocycles. The van der Waals surface area contributed by atoms with Gasteiger partial charge in [0.2, 0.25) is 0 Å². The Kier molecular flexibility index (Phi) is 4.73. The number of ether oxygens (including phenoxy) is 2. The highest BCUT2D eigenvalue weighted by Crippen LogP contribution is 2.33. The Morgan fingerprint density at radius 3 is 2.50 bits per heavy atom. The molecule has 0 N–H and O–H groups in total. The third-order valence-electron chi connectivity index (χ3n) is 1.47. The number of benzene rings is 1. The van der Waals surface area contributed by atoms with Crippen molar-refractivity contribution in [2.75, 3.05) is 12.5 Å². The van der Waals surface area contributed by atoms with Gasteiger partial charge in [-0.3, -0.25) is 0 Å². The predicted octanol–water partition coefficient (Wildman–Crippen LogP) is 3.97. The van der Waals surface area contributed by atoms with Crippen LogP contribution in [0.1, 0.15) is 0 Å². The van der Waals surface area contributed by atoms with Crippen LogP contribution in [0.2, 0.25) is 0 Å². The van der Waals surface area contributed by atoms with Gasteiger partial charge in [0, 0.05) is 0 Å². The molecule has 0 radical (unpaired) electrons.